The Morgan fingerprint density at radius 1 is 0.943 bits per heavy atom. The Kier molecular flexibility index (Phi) is 7.98. The molecule has 0 saturated heterocycles. The second kappa shape index (κ2) is 10.9. The van der Waals surface area contributed by atoms with Crippen molar-refractivity contribution in [2.75, 3.05) is 6.26 Å². The molecule has 3 rings (SSSR count). The zero-order chi connectivity index (χ0) is 25.6. The number of sulfone groups is 1. The average Bonchev–Trinajstić information content (AvgIpc) is 2.83. The van der Waals surface area contributed by atoms with Crippen LogP contribution in [0.15, 0.2) is 83.8 Å². The minimum absolute atomic E-state index is 0.235. The van der Waals surface area contributed by atoms with E-state index in [0.717, 1.165) is 35.6 Å². The van der Waals surface area contributed by atoms with Gasteiger partial charge in [-0.15, -0.1) is 0 Å². The number of esters is 1. The van der Waals surface area contributed by atoms with Gasteiger partial charge in [-0.1, -0.05) is 60.7 Å². The van der Waals surface area contributed by atoms with Crippen LogP contribution in [0.3, 0.4) is 0 Å². The van der Waals surface area contributed by atoms with Gasteiger partial charge < -0.3 is 9.64 Å². The molecule has 3 aromatic carbocycles. The minimum Gasteiger partial charge on any atom is -0.449 e. The van der Waals surface area contributed by atoms with E-state index in [0.29, 0.717) is 0 Å². The summed E-state index contributed by atoms with van der Waals surface area (Å²) in [5, 5.41) is 11.3. The van der Waals surface area contributed by atoms with E-state index in [2.05, 4.69) is 0 Å². The zero-order valence-corrected chi connectivity index (χ0v) is 20.0. The molecule has 35 heavy (non-hydrogen) atoms. The molecule has 1 amide bonds. The second-order valence-electron chi connectivity index (χ2n) is 7.92. The fourth-order valence-electron chi connectivity index (χ4n) is 3.46. The first-order valence-electron chi connectivity index (χ1n) is 10.6. The Hall–Kier alpha value is -4.05. The Bertz CT molecular complexity index is 1280. The van der Waals surface area contributed by atoms with Crippen molar-refractivity contribution >= 4 is 27.4 Å². The average molecular weight is 497 g/mol. The van der Waals surface area contributed by atoms with E-state index < -0.39 is 43.3 Å². The quantitative estimate of drug-likeness (QED) is 0.251. The lowest BCUT2D eigenvalue weighted by Gasteiger charge is -2.26. The van der Waals surface area contributed by atoms with Crippen LogP contribution < -0.4 is 0 Å². The van der Waals surface area contributed by atoms with Gasteiger partial charge in [-0.05, 0) is 30.2 Å². The molecule has 0 aliphatic rings. The number of carbonyl (C=O) groups excluding carboxylic acids is 2. The first-order chi connectivity index (χ1) is 16.6. The van der Waals surface area contributed by atoms with Gasteiger partial charge in [-0.25, -0.2) is 13.2 Å². The smallest absolute Gasteiger partial charge is 0.339 e. The van der Waals surface area contributed by atoms with Crippen LogP contribution in [0.2, 0.25) is 0 Å². The van der Waals surface area contributed by atoms with Gasteiger partial charge in [0.05, 0.1) is 10.5 Å². The third-order valence-electron chi connectivity index (χ3n) is 5.17. The maximum absolute atomic E-state index is 13.2. The number of amides is 1. The van der Waals surface area contributed by atoms with E-state index in [1.165, 1.54) is 6.92 Å². The number of carbonyl (C=O) groups is 2. The van der Waals surface area contributed by atoms with Crippen LogP contribution in [0.25, 0.3) is 0 Å². The number of hydrogen-bond acceptors (Lipinski definition) is 7. The minimum atomic E-state index is -3.88. The summed E-state index contributed by atoms with van der Waals surface area (Å²) in [6.45, 7) is 1.98. The Labute approximate surface area is 203 Å². The molecule has 182 valence electrons. The van der Waals surface area contributed by atoms with E-state index in [1.807, 2.05) is 60.7 Å². The lowest BCUT2D eigenvalue weighted by atomic mass is 10.1. The predicted molar refractivity (Wildman–Crippen MR) is 128 cm³/mol. The van der Waals surface area contributed by atoms with Crippen molar-refractivity contribution in [1.82, 2.24) is 4.90 Å². The molecule has 0 bridgehead atoms. The van der Waals surface area contributed by atoms with Crippen LogP contribution in [0.1, 0.15) is 28.4 Å². The van der Waals surface area contributed by atoms with Gasteiger partial charge >= 0.3 is 5.97 Å². The largest absolute Gasteiger partial charge is 0.449 e. The van der Waals surface area contributed by atoms with Gasteiger partial charge in [0.15, 0.2) is 15.9 Å². The van der Waals surface area contributed by atoms with Crippen molar-refractivity contribution < 1.29 is 27.7 Å². The van der Waals surface area contributed by atoms with Crippen molar-refractivity contribution in [3.05, 3.63) is 106 Å². The molecule has 0 radical (unpaired) electrons. The number of benzene rings is 3. The highest BCUT2D eigenvalue weighted by atomic mass is 32.2. The third kappa shape index (κ3) is 6.73. The number of rotatable bonds is 9. The molecule has 0 aliphatic heterocycles. The lowest BCUT2D eigenvalue weighted by Crippen LogP contribution is -2.39. The SMILES string of the molecule is C[C@@H](OC(=O)c1ccc(S(C)(=O)=O)c([N+](=O)[O-])c1)C(=O)N(Cc1ccccc1)Cc1ccccc1. The lowest BCUT2D eigenvalue weighted by molar-refractivity contribution is -0.387. The topological polar surface area (TPSA) is 124 Å². The van der Waals surface area contributed by atoms with Crippen LogP contribution in [0, 0.1) is 10.1 Å². The summed E-state index contributed by atoms with van der Waals surface area (Å²) in [6, 6.07) is 21.6. The molecule has 0 fully saturated rings. The van der Waals surface area contributed by atoms with Crippen molar-refractivity contribution in [2.45, 2.75) is 31.0 Å². The molecule has 0 spiro atoms. The summed E-state index contributed by atoms with van der Waals surface area (Å²) >= 11 is 0. The first kappa shape index (κ1) is 25.6. The zero-order valence-electron chi connectivity index (χ0n) is 19.2. The molecule has 0 aromatic heterocycles. The molecular weight excluding hydrogens is 472 g/mol. The van der Waals surface area contributed by atoms with Crippen molar-refractivity contribution in [1.29, 1.82) is 0 Å². The summed E-state index contributed by atoms with van der Waals surface area (Å²) in [5.74, 6) is -1.43. The maximum Gasteiger partial charge on any atom is 0.339 e. The Balaban J connectivity index is 1.81. The Morgan fingerprint density at radius 3 is 1.91 bits per heavy atom. The van der Waals surface area contributed by atoms with E-state index in [4.69, 9.17) is 4.74 Å². The van der Waals surface area contributed by atoms with Gasteiger partial charge in [-0.3, -0.25) is 14.9 Å². The molecule has 1 atom stereocenters. The number of ether oxygens (including phenoxy) is 1. The van der Waals surface area contributed by atoms with Gasteiger partial charge in [0.2, 0.25) is 0 Å². The van der Waals surface area contributed by atoms with Gasteiger partial charge in [0.1, 0.15) is 4.90 Å². The highest BCUT2D eigenvalue weighted by molar-refractivity contribution is 7.90. The van der Waals surface area contributed by atoms with Crippen LogP contribution in [0.4, 0.5) is 5.69 Å². The summed E-state index contributed by atoms with van der Waals surface area (Å²) in [7, 11) is -3.88. The van der Waals surface area contributed by atoms with Crippen LogP contribution in [-0.4, -0.2) is 42.5 Å². The highest BCUT2D eigenvalue weighted by Crippen LogP contribution is 2.25. The van der Waals surface area contributed by atoms with Gasteiger partial charge in [0, 0.05) is 25.4 Å². The number of hydrogen-bond donors (Lipinski definition) is 0. The third-order valence-corrected chi connectivity index (χ3v) is 6.31. The van der Waals surface area contributed by atoms with Crippen LogP contribution in [0.5, 0.6) is 0 Å². The summed E-state index contributed by atoms with van der Waals surface area (Å²) < 4.78 is 28.9. The highest BCUT2D eigenvalue weighted by Gasteiger charge is 2.28. The molecule has 3 aromatic rings. The number of nitro groups is 1. The molecule has 0 aliphatic carbocycles. The molecule has 0 N–H and O–H groups in total. The first-order valence-corrected chi connectivity index (χ1v) is 12.5. The van der Waals surface area contributed by atoms with E-state index in [-0.39, 0.29) is 18.7 Å². The fraction of sp³-hybridized carbons (Fsp3) is 0.200. The molecular formula is C25H24N2O7S. The van der Waals surface area contributed by atoms with Crippen LogP contribution >= 0.6 is 0 Å². The maximum atomic E-state index is 13.2. The van der Waals surface area contributed by atoms with Gasteiger partial charge in [0.25, 0.3) is 11.6 Å². The fourth-order valence-corrected chi connectivity index (χ4v) is 4.28. The van der Waals surface area contributed by atoms with Crippen molar-refractivity contribution in [3.8, 4) is 0 Å². The summed E-state index contributed by atoms with van der Waals surface area (Å²) in [6.07, 6.45) is -0.356. The van der Waals surface area contributed by atoms with E-state index in [1.54, 1.807) is 4.90 Å². The molecule has 10 heteroatoms. The molecule has 0 saturated carbocycles. The van der Waals surface area contributed by atoms with Crippen molar-refractivity contribution in [2.24, 2.45) is 0 Å². The number of nitrogens with zero attached hydrogens (tertiary/aromatic N) is 2. The standard InChI is InChI=1S/C25H24N2O7S/c1-18(34-25(29)21-13-14-23(35(2,32)33)22(15-21)27(30)31)24(28)26(16-19-9-5-3-6-10-19)17-20-11-7-4-8-12-20/h3-15,18H,16-17H2,1-2H3/t18-/m1/s1. The van der Waals surface area contributed by atoms with Crippen molar-refractivity contribution in [3.63, 3.8) is 0 Å². The van der Waals surface area contributed by atoms with Crippen LogP contribution in [-0.2, 0) is 32.5 Å². The second-order valence-corrected chi connectivity index (χ2v) is 9.91. The summed E-state index contributed by atoms with van der Waals surface area (Å²) in [5.41, 5.74) is 0.807. The number of nitro benzene ring substituents is 1. The van der Waals surface area contributed by atoms with E-state index in [9.17, 15) is 28.1 Å². The Morgan fingerprint density at radius 2 is 1.46 bits per heavy atom. The normalized spacial score (nSPS) is 11.9. The van der Waals surface area contributed by atoms with E-state index >= 15 is 0 Å². The monoisotopic (exact) mass is 496 g/mol. The van der Waals surface area contributed by atoms with Gasteiger partial charge in [-0.2, -0.15) is 0 Å². The predicted octanol–water partition coefficient (Wildman–Crippen LogP) is 3.77. The molecule has 9 nitrogen and oxygen atoms in total. The molecule has 0 heterocycles. The summed E-state index contributed by atoms with van der Waals surface area (Å²) in [4.78, 5) is 37.4. The molecule has 0 unspecified atom stereocenters.